The number of hydrogen-bond acceptors (Lipinski definition) is 6. The second kappa shape index (κ2) is 10.1. The first kappa shape index (κ1) is 21.5. The zero-order chi connectivity index (χ0) is 22.5. The number of aromatic amines is 1. The van der Waals surface area contributed by atoms with Crippen LogP contribution in [0.5, 0.6) is 0 Å². The Labute approximate surface area is 191 Å². The minimum absolute atomic E-state index is 0.0929. The van der Waals surface area contributed by atoms with E-state index < -0.39 is 0 Å². The summed E-state index contributed by atoms with van der Waals surface area (Å²) < 4.78 is 16.4. The summed E-state index contributed by atoms with van der Waals surface area (Å²) in [6, 6.07) is 10.3. The van der Waals surface area contributed by atoms with Crippen LogP contribution in [0.1, 0.15) is 40.3 Å². The molecule has 8 heteroatoms. The third-order valence-corrected chi connectivity index (χ3v) is 6.02. The molecular weight excluding hydrogens is 420 g/mol. The largest absolute Gasteiger partial charge is 0.472 e. The molecule has 4 aromatic rings. The molecule has 0 radical (unpaired) electrons. The van der Waals surface area contributed by atoms with E-state index in [1.54, 1.807) is 12.5 Å². The topological polar surface area (TPSA) is 96.5 Å². The van der Waals surface area contributed by atoms with E-state index in [1.165, 1.54) is 17.2 Å². The van der Waals surface area contributed by atoms with Crippen molar-refractivity contribution in [3.8, 4) is 0 Å². The Bertz CT molecular complexity index is 1170. The zero-order valence-corrected chi connectivity index (χ0v) is 18.5. The number of H-pyrrole nitrogens is 1. The molecule has 2 N–H and O–H groups in total. The Morgan fingerprint density at radius 1 is 1.21 bits per heavy atom. The molecule has 1 amide bonds. The van der Waals surface area contributed by atoms with Crippen molar-refractivity contribution in [2.45, 2.75) is 38.5 Å². The number of ether oxygens (including phenoxy) is 1. The summed E-state index contributed by atoms with van der Waals surface area (Å²) in [6.07, 6.45) is 9.90. The van der Waals surface area contributed by atoms with Crippen molar-refractivity contribution in [1.29, 1.82) is 0 Å². The molecule has 3 aromatic heterocycles. The van der Waals surface area contributed by atoms with E-state index in [2.05, 4.69) is 44.6 Å². The van der Waals surface area contributed by atoms with Gasteiger partial charge in [-0.2, -0.15) is 0 Å². The lowest BCUT2D eigenvalue weighted by Crippen LogP contribution is -2.32. The van der Waals surface area contributed by atoms with Gasteiger partial charge in [-0.05, 0) is 37.0 Å². The van der Waals surface area contributed by atoms with Crippen molar-refractivity contribution >= 4 is 16.8 Å². The second-order valence-corrected chi connectivity index (χ2v) is 8.42. The lowest BCUT2D eigenvalue weighted by molar-refractivity contribution is 0.0853. The molecule has 33 heavy (non-hydrogen) atoms. The summed E-state index contributed by atoms with van der Waals surface area (Å²) in [7, 11) is 0. The number of nitrogens with zero attached hydrogens (tertiary/aromatic N) is 2. The fourth-order valence-corrected chi connectivity index (χ4v) is 4.25. The van der Waals surface area contributed by atoms with Gasteiger partial charge in [0.25, 0.3) is 5.91 Å². The highest BCUT2D eigenvalue weighted by molar-refractivity contribution is 5.91. The smallest absolute Gasteiger partial charge is 0.273 e. The van der Waals surface area contributed by atoms with Gasteiger partial charge >= 0.3 is 0 Å². The Kier molecular flexibility index (Phi) is 6.55. The summed E-state index contributed by atoms with van der Waals surface area (Å²) in [5.41, 5.74) is 3.78. The van der Waals surface area contributed by atoms with Crippen molar-refractivity contribution in [3.05, 3.63) is 78.0 Å². The number of hydrogen-bond donors (Lipinski definition) is 2. The molecule has 1 atom stereocenters. The molecule has 5 rings (SSSR count). The molecule has 1 aliphatic rings. The SMILES string of the molecule is O=C(NCC1CCCO1)c1coc(CN(CCc2c[nH]c3ccccc23)Cc2ccoc2)n1. The third-order valence-electron chi connectivity index (χ3n) is 6.02. The summed E-state index contributed by atoms with van der Waals surface area (Å²) in [4.78, 5) is 22.5. The molecule has 0 saturated carbocycles. The number of aromatic nitrogens is 2. The Hall–Kier alpha value is -3.36. The molecule has 1 fully saturated rings. The molecule has 4 heterocycles. The van der Waals surface area contributed by atoms with Crippen molar-refractivity contribution in [2.75, 3.05) is 19.7 Å². The maximum absolute atomic E-state index is 12.4. The van der Waals surface area contributed by atoms with Crippen LogP contribution in [0.15, 0.2) is 64.2 Å². The van der Waals surface area contributed by atoms with Gasteiger partial charge in [0.15, 0.2) is 5.69 Å². The number of rotatable bonds is 10. The first-order valence-corrected chi connectivity index (χ1v) is 11.4. The standard InChI is InChI=1S/C25H28N4O4/c30-25(27-13-20-4-3-10-32-20)23-17-33-24(28-23)15-29(14-18-8-11-31-16-18)9-7-19-12-26-22-6-2-1-5-21(19)22/h1-2,5-6,8,11-12,16-17,20,26H,3-4,7,9-10,13-15H2,(H,27,30). The van der Waals surface area contributed by atoms with E-state index in [9.17, 15) is 4.79 Å². The molecule has 1 unspecified atom stereocenters. The summed E-state index contributed by atoms with van der Waals surface area (Å²) in [5.74, 6) is 0.278. The third kappa shape index (κ3) is 5.35. The van der Waals surface area contributed by atoms with E-state index in [-0.39, 0.29) is 12.0 Å². The van der Waals surface area contributed by atoms with Crippen LogP contribution >= 0.6 is 0 Å². The fraction of sp³-hybridized carbons (Fsp3) is 0.360. The quantitative estimate of drug-likeness (QED) is 0.382. The van der Waals surface area contributed by atoms with Crippen molar-refractivity contribution in [1.82, 2.24) is 20.2 Å². The number of nitrogens with one attached hydrogen (secondary N) is 2. The van der Waals surface area contributed by atoms with Crippen LogP contribution in [0.3, 0.4) is 0 Å². The van der Waals surface area contributed by atoms with E-state index in [1.807, 2.05) is 12.1 Å². The summed E-state index contributed by atoms with van der Waals surface area (Å²) in [5, 5.41) is 4.13. The molecular formula is C25H28N4O4. The predicted octanol–water partition coefficient (Wildman–Crippen LogP) is 3.90. The first-order chi connectivity index (χ1) is 16.2. The van der Waals surface area contributed by atoms with Crippen LogP contribution < -0.4 is 5.32 Å². The van der Waals surface area contributed by atoms with Gasteiger partial charge in [0.05, 0.1) is 25.2 Å². The van der Waals surface area contributed by atoms with Gasteiger partial charge in [0.2, 0.25) is 5.89 Å². The van der Waals surface area contributed by atoms with Gasteiger partial charge in [-0.1, -0.05) is 18.2 Å². The number of fused-ring (bicyclic) bond motifs is 1. The highest BCUT2D eigenvalue weighted by Gasteiger charge is 2.19. The molecule has 8 nitrogen and oxygen atoms in total. The second-order valence-electron chi connectivity index (χ2n) is 8.42. The number of benzene rings is 1. The van der Waals surface area contributed by atoms with Gasteiger partial charge in [0, 0.05) is 48.9 Å². The maximum Gasteiger partial charge on any atom is 0.273 e. The number of furan rings is 1. The van der Waals surface area contributed by atoms with E-state index in [4.69, 9.17) is 13.6 Å². The van der Waals surface area contributed by atoms with Crippen LogP contribution in [0.2, 0.25) is 0 Å². The van der Waals surface area contributed by atoms with E-state index in [0.717, 1.165) is 43.5 Å². The average Bonchev–Trinajstić information content (AvgIpc) is 3.64. The number of carbonyl (C=O) groups excluding carboxylic acids is 1. The molecule has 1 aliphatic heterocycles. The van der Waals surface area contributed by atoms with Crippen LogP contribution in [-0.2, 0) is 24.2 Å². The molecule has 0 bridgehead atoms. The lowest BCUT2D eigenvalue weighted by Gasteiger charge is -2.19. The molecule has 1 saturated heterocycles. The number of oxazole rings is 1. The number of carbonyl (C=O) groups is 1. The maximum atomic E-state index is 12.4. The Morgan fingerprint density at radius 2 is 2.15 bits per heavy atom. The van der Waals surface area contributed by atoms with Gasteiger partial charge in [-0.3, -0.25) is 9.69 Å². The van der Waals surface area contributed by atoms with Crippen molar-refractivity contribution < 1.29 is 18.4 Å². The minimum Gasteiger partial charge on any atom is -0.472 e. The fourth-order valence-electron chi connectivity index (χ4n) is 4.25. The average molecular weight is 449 g/mol. The van der Waals surface area contributed by atoms with E-state index in [0.29, 0.717) is 31.2 Å². The summed E-state index contributed by atoms with van der Waals surface area (Å²) in [6.45, 7) is 3.25. The van der Waals surface area contributed by atoms with Crippen LogP contribution in [0.4, 0.5) is 0 Å². The van der Waals surface area contributed by atoms with Crippen molar-refractivity contribution in [3.63, 3.8) is 0 Å². The normalized spacial score (nSPS) is 16.1. The first-order valence-electron chi connectivity index (χ1n) is 11.4. The van der Waals surface area contributed by atoms with Crippen LogP contribution in [0, 0.1) is 0 Å². The Morgan fingerprint density at radius 3 is 3.00 bits per heavy atom. The monoisotopic (exact) mass is 448 g/mol. The van der Waals surface area contributed by atoms with Gasteiger partial charge in [-0.25, -0.2) is 4.98 Å². The van der Waals surface area contributed by atoms with Crippen molar-refractivity contribution in [2.24, 2.45) is 0 Å². The molecule has 1 aromatic carbocycles. The number of amides is 1. The highest BCUT2D eigenvalue weighted by Crippen LogP contribution is 2.19. The highest BCUT2D eigenvalue weighted by atomic mass is 16.5. The van der Waals surface area contributed by atoms with Crippen LogP contribution in [0.25, 0.3) is 10.9 Å². The Balaban J connectivity index is 1.23. The summed E-state index contributed by atoms with van der Waals surface area (Å²) >= 11 is 0. The number of para-hydroxylation sites is 1. The predicted molar refractivity (Wildman–Crippen MR) is 123 cm³/mol. The van der Waals surface area contributed by atoms with Gasteiger partial charge < -0.3 is 23.9 Å². The molecule has 172 valence electrons. The van der Waals surface area contributed by atoms with E-state index >= 15 is 0 Å². The lowest BCUT2D eigenvalue weighted by atomic mass is 10.1. The molecule has 0 aliphatic carbocycles. The van der Waals surface area contributed by atoms with Crippen LogP contribution in [-0.4, -0.2) is 46.6 Å². The van der Waals surface area contributed by atoms with Gasteiger partial charge in [-0.15, -0.1) is 0 Å². The van der Waals surface area contributed by atoms with Gasteiger partial charge in [0.1, 0.15) is 6.26 Å². The zero-order valence-electron chi connectivity index (χ0n) is 18.5. The minimum atomic E-state index is -0.235. The molecule has 0 spiro atoms.